The largest absolute Gasteiger partial charge is 0.310 e. The molecule has 3 rings (SSSR count). The van der Waals surface area contributed by atoms with Gasteiger partial charge in [0.05, 0.1) is 0 Å². The zero-order valence-corrected chi connectivity index (χ0v) is 13.0. The van der Waals surface area contributed by atoms with Crippen LogP contribution < -0.4 is 4.90 Å². The summed E-state index contributed by atoms with van der Waals surface area (Å²) in [7, 11) is 0. The molecule has 0 bridgehead atoms. The van der Waals surface area contributed by atoms with Gasteiger partial charge in [0.2, 0.25) is 0 Å². The van der Waals surface area contributed by atoms with E-state index in [2.05, 4.69) is 90.4 Å². The van der Waals surface area contributed by atoms with Crippen LogP contribution in [0.3, 0.4) is 0 Å². The lowest BCUT2D eigenvalue weighted by Gasteiger charge is -2.25. The highest BCUT2D eigenvalue weighted by atomic mass is 15.1. The van der Waals surface area contributed by atoms with Gasteiger partial charge in [0, 0.05) is 17.1 Å². The fraction of sp³-hybridized carbons (Fsp3) is 0. The van der Waals surface area contributed by atoms with Gasteiger partial charge in [-0.2, -0.15) is 0 Å². The average Bonchev–Trinajstić information content (AvgIpc) is 2.62. The molecule has 112 valence electrons. The Morgan fingerprint density at radius 2 is 1.22 bits per heavy atom. The van der Waals surface area contributed by atoms with Gasteiger partial charge in [-0.25, -0.2) is 0 Å². The van der Waals surface area contributed by atoms with Crippen LogP contribution in [0, 0.1) is 0 Å². The SMILES string of the molecule is C=CC=Cc1cccc(N(c2ccccc2)c2ccccc2)c1. The molecule has 0 aliphatic rings. The zero-order chi connectivity index (χ0) is 15.9. The lowest BCUT2D eigenvalue weighted by atomic mass is 10.1. The lowest BCUT2D eigenvalue weighted by molar-refractivity contribution is 1.28. The van der Waals surface area contributed by atoms with E-state index in [-0.39, 0.29) is 0 Å². The Labute approximate surface area is 137 Å². The fourth-order valence-electron chi connectivity index (χ4n) is 2.55. The van der Waals surface area contributed by atoms with Gasteiger partial charge < -0.3 is 4.90 Å². The molecule has 0 saturated carbocycles. The van der Waals surface area contributed by atoms with Crippen molar-refractivity contribution < 1.29 is 0 Å². The number of allylic oxidation sites excluding steroid dienone is 2. The molecule has 0 radical (unpaired) electrons. The third kappa shape index (κ3) is 3.58. The molecule has 0 unspecified atom stereocenters. The summed E-state index contributed by atoms with van der Waals surface area (Å²) in [6.45, 7) is 3.73. The van der Waals surface area contributed by atoms with Crippen LogP contribution >= 0.6 is 0 Å². The third-order valence-corrected chi connectivity index (χ3v) is 3.58. The van der Waals surface area contributed by atoms with Crippen LogP contribution in [0.1, 0.15) is 5.56 Å². The van der Waals surface area contributed by atoms with Crippen molar-refractivity contribution in [1.29, 1.82) is 0 Å². The quantitative estimate of drug-likeness (QED) is 0.495. The predicted octanol–water partition coefficient (Wildman–Crippen LogP) is 6.36. The number of anilines is 3. The van der Waals surface area contributed by atoms with Crippen molar-refractivity contribution in [2.45, 2.75) is 0 Å². The smallest absolute Gasteiger partial charge is 0.0467 e. The Bertz CT molecular complexity index is 749. The van der Waals surface area contributed by atoms with Gasteiger partial charge in [-0.1, -0.05) is 73.3 Å². The monoisotopic (exact) mass is 297 g/mol. The molecule has 0 saturated heterocycles. The van der Waals surface area contributed by atoms with Gasteiger partial charge in [0.1, 0.15) is 0 Å². The van der Waals surface area contributed by atoms with Crippen molar-refractivity contribution in [3.8, 4) is 0 Å². The highest BCUT2D eigenvalue weighted by molar-refractivity contribution is 5.77. The van der Waals surface area contributed by atoms with Gasteiger partial charge in [-0.15, -0.1) is 0 Å². The van der Waals surface area contributed by atoms with Crippen LogP contribution in [0.25, 0.3) is 6.08 Å². The molecule has 3 aromatic carbocycles. The molecule has 0 aromatic heterocycles. The van der Waals surface area contributed by atoms with Crippen molar-refractivity contribution >= 4 is 23.1 Å². The van der Waals surface area contributed by atoms with Crippen LogP contribution in [-0.2, 0) is 0 Å². The molecule has 3 aromatic rings. The van der Waals surface area contributed by atoms with Crippen LogP contribution in [-0.4, -0.2) is 0 Å². The Morgan fingerprint density at radius 3 is 1.78 bits per heavy atom. The summed E-state index contributed by atoms with van der Waals surface area (Å²) in [5.41, 5.74) is 4.57. The van der Waals surface area contributed by atoms with E-state index in [0.29, 0.717) is 0 Å². The van der Waals surface area contributed by atoms with Crippen molar-refractivity contribution in [2.24, 2.45) is 0 Å². The summed E-state index contributed by atoms with van der Waals surface area (Å²) in [6, 6.07) is 29.3. The second-order valence-electron chi connectivity index (χ2n) is 5.20. The van der Waals surface area contributed by atoms with Crippen molar-refractivity contribution in [3.05, 3.63) is 109 Å². The second-order valence-corrected chi connectivity index (χ2v) is 5.20. The van der Waals surface area contributed by atoms with Crippen LogP contribution in [0.2, 0.25) is 0 Å². The van der Waals surface area contributed by atoms with Gasteiger partial charge in [-0.3, -0.25) is 0 Å². The average molecular weight is 297 g/mol. The zero-order valence-electron chi connectivity index (χ0n) is 13.0. The van der Waals surface area contributed by atoms with Crippen LogP contribution in [0.4, 0.5) is 17.1 Å². The highest BCUT2D eigenvalue weighted by Crippen LogP contribution is 2.34. The Hall–Kier alpha value is -3.06. The number of para-hydroxylation sites is 2. The minimum atomic E-state index is 1.13. The molecular weight excluding hydrogens is 278 g/mol. The van der Waals surface area contributed by atoms with Crippen molar-refractivity contribution in [1.82, 2.24) is 0 Å². The van der Waals surface area contributed by atoms with Crippen molar-refractivity contribution in [3.63, 3.8) is 0 Å². The Kier molecular flexibility index (Phi) is 4.70. The second kappa shape index (κ2) is 7.28. The number of hydrogen-bond donors (Lipinski definition) is 0. The number of hydrogen-bond acceptors (Lipinski definition) is 1. The first-order valence-electron chi connectivity index (χ1n) is 7.68. The van der Waals surface area contributed by atoms with Gasteiger partial charge >= 0.3 is 0 Å². The number of rotatable bonds is 5. The Morgan fingerprint density at radius 1 is 0.652 bits per heavy atom. The highest BCUT2D eigenvalue weighted by Gasteiger charge is 2.11. The first-order chi connectivity index (χ1) is 11.4. The van der Waals surface area contributed by atoms with E-state index in [9.17, 15) is 0 Å². The van der Waals surface area contributed by atoms with Crippen LogP contribution in [0.15, 0.2) is 104 Å². The summed E-state index contributed by atoms with van der Waals surface area (Å²) in [6.07, 6.45) is 5.80. The molecule has 0 N–H and O–H groups in total. The number of benzene rings is 3. The molecule has 0 spiro atoms. The first-order valence-corrected chi connectivity index (χ1v) is 7.68. The maximum absolute atomic E-state index is 3.73. The van der Waals surface area contributed by atoms with Crippen LogP contribution in [0.5, 0.6) is 0 Å². The normalized spacial score (nSPS) is 10.6. The summed E-state index contributed by atoms with van der Waals surface area (Å²) in [5, 5.41) is 0. The topological polar surface area (TPSA) is 3.24 Å². The van der Waals surface area contributed by atoms with Gasteiger partial charge in [0.25, 0.3) is 0 Å². The molecule has 0 aliphatic carbocycles. The van der Waals surface area contributed by atoms with E-state index in [1.165, 1.54) is 0 Å². The summed E-state index contributed by atoms with van der Waals surface area (Å²) in [5.74, 6) is 0. The minimum absolute atomic E-state index is 1.13. The molecule has 0 atom stereocenters. The maximum atomic E-state index is 3.73. The fourth-order valence-corrected chi connectivity index (χ4v) is 2.55. The molecule has 1 heteroatoms. The molecule has 0 heterocycles. The van der Waals surface area contributed by atoms with E-state index in [1.807, 2.05) is 18.2 Å². The molecule has 0 amide bonds. The summed E-state index contributed by atoms with van der Waals surface area (Å²) >= 11 is 0. The maximum Gasteiger partial charge on any atom is 0.0467 e. The van der Waals surface area contributed by atoms with E-state index in [1.54, 1.807) is 6.08 Å². The van der Waals surface area contributed by atoms with E-state index in [0.717, 1.165) is 22.6 Å². The van der Waals surface area contributed by atoms with Gasteiger partial charge in [0.15, 0.2) is 0 Å². The van der Waals surface area contributed by atoms with Crippen molar-refractivity contribution in [2.75, 3.05) is 4.90 Å². The third-order valence-electron chi connectivity index (χ3n) is 3.58. The number of nitrogens with zero attached hydrogens (tertiary/aromatic N) is 1. The minimum Gasteiger partial charge on any atom is -0.310 e. The van der Waals surface area contributed by atoms with E-state index in [4.69, 9.17) is 0 Å². The summed E-state index contributed by atoms with van der Waals surface area (Å²) in [4.78, 5) is 2.26. The molecule has 1 nitrogen and oxygen atoms in total. The molecule has 23 heavy (non-hydrogen) atoms. The van der Waals surface area contributed by atoms with E-state index < -0.39 is 0 Å². The molecule has 0 aliphatic heterocycles. The Balaban J connectivity index is 2.09. The molecule has 0 fully saturated rings. The van der Waals surface area contributed by atoms with Gasteiger partial charge in [-0.05, 0) is 42.0 Å². The summed E-state index contributed by atoms with van der Waals surface area (Å²) < 4.78 is 0. The molecular formula is C22H19N. The first kappa shape index (κ1) is 14.9. The predicted molar refractivity (Wildman–Crippen MR) is 100 cm³/mol. The lowest BCUT2D eigenvalue weighted by Crippen LogP contribution is -2.09. The van der Waals surface area contributed by atoms with E-state index >= 15 is 0 Å². The standard InChI is InChI=1S/C22H19N/c1-2-3-11-19-12-10-17-22(18-19)23(20-13-6-4-7-14-20)21-15-8-5-9-16-21/h2-18H,1H2.